The van der Waals surface area contributed by atoms with E-state index in [9.17, 15) is 4.79 Å². The number of benzene rings is 1. The minimum absolute atomic E-state index is 0.0574. The Morgan fingerprint density at radius 3 is 2.62 bits per heavy atom. The van der Waals surface area contributed by atoms with Gasteiger partial charge in [0.15, 0.2) is 9.74 Å². The Hall–Kier alpha value is -1.53. The van der Waals surface area contributed by atoms with Gasteiger partial charge in [-0.05, 0) is 43.4 Å². The first kappa shape index (κ1) is 11.0. The highest BCUT2D eigenvalue weighted by atomic mass is 32.1. The van der Waals surface area contributed by atoms with Crippen LogP contribution in [0.3, 0.4) is 0 Å². The fourth-order valence-corrected chi connectivity index (χ4v) is 2.00. The molecule has 0 bridgehead atoms. The van der Waals surface area contributed by atoms with Gasteiger partial charge in [-0.3, -0.25) is 9.89 Å². The third-order valence-corrected chi connectivity index (χ3v) is 2.99. The third kappa shape index (κ3) is 2.53. The second kappa shape index (κ2) is 4.54. The van der Waals surface area contributed by atoms with Gasteiger partial charge < -0.3 is 5.32 Å². The molecule has 0 aliphatic heterocycles. The van der Waals surface area contributed by atoms with Crippen molar-refractivity contribution in [1.29, 1.82) is 0 Å². The molecule has 0 saturated heterocycles. The van der Waals surface area contributed by atoms with Crippen LogP contribution in [0.5, 0.6) is 0 Å². The van der Waals surface area contributed by atoms with Crippen LogP contribution in [0.2, 0.25) is 0 Å². The molecule has 0 atom stereocenters. The smallest absolute Gasteiger partial charge is 0.208 e. The molecule has 4 nitrogen and oxygen atoms in total. The maximum absolute atomic E-state index is 11.1. The first-order valence-corrected chi connectivity index (χ1v) is 5.81. The van der Waals surface area contributed by atoms with Gasteiger partial charge in [-0.1, -0.05) is 11.3 Å². The lowest BCUT2D eigenvalue weighted by Gasteiger charge is -2.02. The summed E-state index contributed by atoms with van der Waals surface area (Å²) in [5.41, 5.74) is 1.57. The van der Waals surface area contributed by atoms with E-state index in [1.165, 1.54) is 11.3 Å². The van der Waals surface area contributed by atoms with E-state index in [1.54, 1.807) is 19.1 Å². The lowest BCUT2D eigenvalue weighted by Crippen LogP contribution is -1.93. The lowest BCUT2D eigenvalue weighted by molar-refractivity contribution is 0.101. The number of rotatable bonds is 3. The van der Waals surface area contributed by atoms with Gasteiger partial charge in [0.2, 0.25) is 5.13 Å². The highest BCUT2D eigenvalue weighted by Crippen LogP contribution is 2.18. The van der Waals surface area contributed by atoms with E-state index in [-0.39, 0.29) is 5.78 Å². The zero-order valence-corrected chi connectivity index (χ0v) is 10.1. The number of nitrogens with one attached hydrogen (secondary N) is 2. The number of Topliss-reactive ketones (excluding diaryl/α,β-unsaturated/α-hetero) is 1. The molecule has 1 aromatic carbocycles. The molecule has 16 heavy (non-hydrogen) atoms. The summed E-state index contributed by atoms with van der Waals surface area (Å²) in [5.74, 6) is 0.0574. The summed E-state index contributed by atoms with van der Waals surface area (Å²) in [6.07, 6.45) is 0. The van der Waals surface area contributed by atoms with Crippen LogP contribution in [0, 0.1) is 3.95 Å². The van der Waals surface area contributed by atoms with Crippen LogP contribution in [0.15, 0.2) is 24.3 Å². The molecular formula is C10H9N3OS2. The molecule has 0 radical (unpaired) electrons. The van der Waals surface area contributed by atoms with Crippen LogP contribution in [0.4, 0.5) is 10.8 Å². The SMILES string of the molecule is CC(=O)c1ccc(Nc2n[nH]c(=S)s2)cc1. The predicted molar refractivity (Wildman–Crippen MR) is 67.0 cm³/mol. The van der Waals surface area contributed by atoms with E-state index < -0.39 is 0 Å². The molecule has 6 heteroatoms. The Bertz CT molecular complexity index is 556. The average molecular weight is 251 g/mol. The number of hydrogen-bond donors (Lipinski definition) is 2. The zero-order chi connectivity index (χ0) is 11.5. The number of H-pyrrole nitrogens is 1. The first-order chi connectivity index (χ1) is 7.65. The average Bonchev–Trinajstić information content (AvgIpc) is 2.65. The molecule has 2 aromatic rings. The van der Waals surface area contributed by atoms with Gasteiger partial charge in [-0.25, -0.2) is 0 Å². The van der Waals surface area contributed by atoms with Crippen molar-refractivity contribution in [3.8, 4) is 0 Å². The standard InChI is InChI=1S/C10H9N3OS2/c1-6(14)7-2-4-8(5-3-7)11-9-12-13-10(15)16-9/h2-5H,1H3,(H,11,12)(H,13,15). The van der Waals surface area contributed by atoms with Gasteiger partial charge in [0.05, 0.1) is 0 Å². The second-order valence-corrected chi connectivity index (χ2v) is 4.84. The molecule has 0 aliphatic rings. The number of anilines is 2. The van der Waals surface area contributed by atoms with Gasteiger partial charge in [-0.2, -0.15) is 0 Å². The van der Waals surface area contributed by atoms with Gasteiger partial charge >= 0.3 is 0 Å². The minimum atomic E-state index is 0.0574. The molecule has 82 valence electrons. The maximum Gasteiger partial charge on any atom is 0.208 e. The number of carbonyl (C=O) groups is 1. The summed E-state index contributed by atoms with van der Waals surface area (Å²) in [4.78, 5) is 11.1. The molecule has 1 aromatic heterocycles. The van der Waals surface area contributed by atoms with Crippen molar-refractivity contribution in [2.45, 2.75) is 6.92 Å². The van der Waals surface area contributed by atoms with Crippen molar-refractivity contribution in [2.75, 3.05) is 5.32 Å². The van der Waals surface area contributed by atoms with Crippen LogP contribution in [0.1, 0.15) is 17.3 Å². The number of nitrogens with zero attached hydrogens (tertiary/aromatic N) is 1. The molecule has 2 N–H and O–H groups in total. The number of aromatic amines is 1. The highest BCUT2D eigenvalue weighted by Gasteiger charge is 2.00. The molecule has 0 aliphatic carbocycles. The topological polar surface area (TPSA) is 57.8 Å². The Labute approximate surface area is 101 Å². The van der Waals surface area contributed by atoms with Crippen LogP contribution in [-0.2, 0) is 0 Å². The summed E-state index contributed by atoms with van der Waals surface area (Å²) in [6, 6.07) is 7.22. The Morgan fingerprint density at radius 2 is 2.12 bits per heavy atom. The quantitative estimate of drug-likeness (QED) is 0.650. The van der Waals surface area contributed by atoms with E-state index >= 15 is 0 Å². The largest absolute Gasteiger partial charge is 0.330 e. The van der Waals surface area contributed by atoms with Crippen molar-refractivity contribution < 1.29 is 4.79 Å². The van der Waals surface area contributed by atoms with Crippen LogP contribution in [-0.4, -0.2) is 16.0 Å². The Morgan fingerprint density at radius 1 is 1.44 bits per heavy atom. The summed E-state index contributed by atoms with van der Waals surface area (Å²) >= 11 is 6.28. The third-order valence-electron chi connectivity index (χ3n) is 1.98. The first-order valence-electron chi connectivity index (χ1n) is 4.59. The number of hydrogen-bond acceptors (Lipinski definition) is 5. The normalized spacial score (nSPS) is 10.1. The Kier molecular flexibility index (Phi) is 3.12. The molecule has 0 fully saturated rings. The van der Waals surface area contributed by atoms with Gasteiger partial charge in [-0.15, -0.1) is 5.10 Å². The molecular weight excluding hydrogens is 242 g/mol. The van der Waals surface area contributed by atoms with Crippen molar-refractivity contribution in [3.05, 3.63) is 33.8 Å². The second-order valence-electron chi connectivity index (χ2n) is 3.18. The molecule has 0 saturated carbocycles. The Balaban J connectivity index is 2.17. The molecule has 0 amide bonds. The van der Waals surface area contributed by atoms with E-state index in [4.69, 9.17) is 12.2 Å². The van der Waals surface area contributed by atoms with Crippen LogP contribution < -0.4 is 5.32 Å². The maximum atomic E-state index is 11.1. The van der Waals surface area contributed by atoms with Crippen LogP contribution >= 0.6 is 23.6 Å². The fourth-order valence-electron chi connectivity index (χ4n) is 1.20. The zero-order valence-electron chi connectivity index (χ0n) is 8.48. The lowest BCUT2D eigenvalue weighted by atomic mass is 10.1. The van der Waals surface area contributed by atoms with Gasteiger partial charge in [0, 0.05) is 11.3 Å². The molecule has 2 rings (SSSR count). The molecule has 1 heterocycles. The van der Waals surface area contributed by atoms with Gasteiger partial charge in [0.25, 0.3) is 0 Å². The van der Waals surface area contributed by atoms with E-state index in [2.05, 4.69) is 15.5 Å². The van der Waals surface area contributed by atoms with Crippen molar-refractivity contribution >= 4 is 40.2 Å². The number of ketones is 1. The van der Waals surface area contributed by atoms with Crippen molar-refractivity contribution in [2.24, 2.45) is 0 Å². The highest BCUT2D eigenvalue weighted by molar-refractivity contribution is 7.73. The van der Waals surface area contributed by atoms with Gasteiger partial charge in [0.1, 0.15) is 0 Å². The molecule has 0 unspecified atom stereocenters. The number of carbonyl (C=O) groups excluding carboxylic acids is 1. The van der Waals surface area contributed by atoms with Crippen molar-refractivity contribution in [1.82, 2.24) is 10.2 Å². The van der Waals surface area contributed by atoms with Crippen LogP contribution in [0.25, 0.3) is 0 Å². The van der Waals surface area contributed by atoms with E-state index in [0.717, 1.165) is 5.69 Å². The minimum Gasteiger partial charge on any atom is -0.330 e. The van der Waals surface area contributed by atoms with Crippen molar-refractivity contribution in [3.63, 3.8) is 0 Å². The monoisotopic (exact) mass is 251 g/mol. The summed E-state index contributed by atoms with van der Waals surface area (Å²) in [7, 11) is 0. The summed E-state index contributed by atoms with van der Waals surface area (Å²) < 4.78 is 0.628. The fraction of sp³-hybridized carbons (Fsp3) is 0.100. The van der Waals surface area contributed by atoms with E-state index in [1.807, 2.05) is 12.1 Å². The van der Waals surface area contributed by atoms with E-state index in [0.29, 0.717) is 14.6 Å². The summed E-state index contributed by atoms with van der Waals surface area (Å²) in [5, 5.41) is 10.5. The summed E-state index contributed by atoms with van der Waals surface area (Å²) in [6.45, 7) is 1.54. The number of aromatic nitrogens is 2. The molecule has 0 spiro atoms. The predicted octanol–water partition coefficient (Wildman–Crippen LogP) is 3.15.